The highest BCUT2D eigenvalue weighted by Gasteiger charge is 2.24. The van der Waals surface area contributed by atoms with Gasteiger partial charge < -0.3 is 9.84 Å². The van der Waals surface area contributed by atoms with Crippen LogP contribution in [-0.2, 0) is 10.0 Å². The molecule has 136 valence electrons. The van der Waals surface area contributed by atoms with E-state index in [1.54, 1.807) is 19.1 Å². The van der Waals surface area contributed by atoms with E-state index in [0.717, 1.165) is 12.1 Å². The van der Waals surface area contributed by atoms with Crippen LogP contribution in [-0.4, -0.2) is 13.6 Å². The first kappa shape index (κ1) is 17.9. The smallest absolute Gasteiger partial charge is 0.267 e. The predicted octanol–water partition coefficient (Wildman–Crippen LogP) is 4.11. The van der Waals surface area contributed by atoms with E-state index in [4.69, 9.17) is 4.52 Å². The third-order valence-electron chi connectivity index (χ3n) is 3.58. The van der Waals surface area contributed by atoms with Crippen LogP contribution in [0.2, 0.25) is 0 Å². The highest BCUT2D eigenvalue weighted by atomic mass is 32.2. The number of rotatable bonds is 5. The van der Waals surface area contributed by atoms with Crippen LogP contribution in [0.15, 0.2) is 51.9 Å². The normalized spacial score (nSPS) is 11.4. The molecule has 2 N–H and O–H groups in total. The summed E-state index contributed by atoms with van der Waals surface area (Å²) in [6.07, 6.45) is 0. The standard InChI is InChI=1S/C17H15F2N3O3S/c1-10-17(11(2)25-21-10)26(23,24)22-13-5-3-12(4-6-13)20-14-7-8-15(18)16(19)9-14/h3-9,20,22H,1-2H3. The molecule has 2 aromatic carbocycles. The van der Waals surface area contributed by atoms with Crippen LogP contribution < -0.4 is 10.0 Å². The fourth-order valence-corrected chi connectivity index (χ4v) is 3.82. The topological polar surface area (TPSA) is 84.2 Å². The molecule has 1 heterocycles. The molecule has 1 aromatic heterocycles. The molecule has 0 saturated carbocycles. The van der Waals surface area contributed by atoms with E-state index in [9.17, 15) is 17.2 Å². The zero-order valence-corrected chi connectivity index (χ0v) is 14.7. The van der Waals surface area contributed by atoms with Crippen LogP contribution in [0.1, 0.15) is 11.5 Å². The predicted molar refractivity (Wildman–Crippen MR) is 92.9 cm³/mol. The first-order valence-electron chi connectivity index (χ1n) is 7.54. The summed E-state index contributed by atoms with van der Waals surface area (Å²) in [5.41, 5.74) is 1.55. The largest absolute Gasteiger partial charge is 0.360 e. The summed E-state index contributed by atoms with van der Waals surface area (Å²) in [7, 11) is -3.83. The van der Waals surface area contributed by atoms with Crippen LogP contribution in [0.3, 0.4) is 0 Å². The minimum absolute atomic E-state index is 0.00138. The Kier molecular flexibility index (Phi) is 4.64. The van der Waals surface area contributed by atoms with Gasteiger partial charge in [-0.3, -0.25) is 4.72 Å². The van der Waals surface area contributed by atoms with E-state index in [1.807, 2.05) is 0 Å². The Labute approximate surface area is 148 Å². The highest BCUT2D eigenvalue weighted by molar-refractivity contribution is 7.92. The summed E-state index contributed by atoms with van der Waals surface area (Å²) in [4.78, 5) is 0.00138. The van der Waals surface area contributed by atoms with Gasteiger partial charge in [0.2, 0.25) is 0 Å². The molecule has 0 aliphatic rings. The van der Waals surface area contributed by atoms with Crippen molar-refractivity contribution < 1.29 is 21.7 Å². The number of benzene rings is 2. The van der Waals surface area contributed by atoms with Gasteiger partial charge in [0.1, 0.15) is 5.69 Å². The van der Waals surface area contributed by atoms with Crippen LogP contribution in [0.5, 0.6) is 0 Å². The van der Waals surface area contributed by atoms with Gasteiger partial charge in [-0.25, -0.2) is 17.2 Å². The van der Waals surface area contributed by atoms with Crippen molar-refractivity contribution in [1.82, 2.24) is 5.16 Å². The molecular formula is C17H15F2N3O3S. The molecule has 0 fully saturated rings. The zero-order valence-electron chi connectivity index (χ0n) is 13.9. The van der Waals surface area contributed by atoms with Gasteiger partial charge in [-0.15, -0.1) is 0 Å². The molecule has 9 heteroatoms. The van der Waals surface area contributed by atoms with Crippen molar-refractivity contribution in [3.8, 4) is 0 Å². The number of nitrogens with zero attached hydrogens (tertiary/aromatic N) is 1. The zero-order chi connectivity index (χ0) is 18.9. The SMILES string of the molecule is Cc1noc(C)c1S(=O)(=O)Nc1ccc(Nc2ccc(F)c(F)c2)cc1. The van der Waals surface area contributed by atoms with Gasteiger partial charge in [0.25, 0.3) is 10.0 Å². The van der Waals surface area contributed by atoms with Gasteiger partial charge in [0.15, 0.2) is 22.3 Å². The van der Waals surface area contributed by atoms with Gasteiger partial charge in [0.05, 0.1) is 0 Å². The molecule has 0 saturated heterocycles. The molecule has 0 radical (unpaired) electrons. The monoisotopic (exact) mass is 379 g/mol. The molecular weight excluding hydrogens is 364 g/mol. The van der Waals surface area contributed by atoms with Crippen molar-refractivity contribution in [2.24, 2.45) is 0 Å². The number of sulfonamides is 1. The third kappa shape index (κ3) is 3.67. The quantitative estimate of drug-likeness (QED) is 0.697. The Bertz CT molecular complexity index is 1030. The molecule has 0 bridgehead atoms. The molecule has 0 atom stereocenters. The molecule has 3 aromatic rings. The fourth-order valence-electron chi connectivity index (χ4n) is 2.43. The molecule has 0 unspecified atom stereocenters. The van der Waals surface area contributed by atoms with Crippen LogP contribution in [0.25, 0.3) is 0 Å². The maximum absolute atomic E-state index is 13.2. The maximum atomic E-state index is 13.2. The second kappa shape index (κ2) is 6.75. The molecule has 0 aliphatic heterocycles. The molecule has 0 aliphatic carbocycles. The number of hydrogen-bond acceptors (Lipinski definition) is 5. The minimum atomic E-state index is -3.83. The number of hydrogen-bond donors (Lipinski definition) is 2. The summed E-state index contributed by atoms with van der Waals surface area (Å²) in [6.45, 7) is 3.06. The Balaban J connectivity index is 1.76. The van der Waals surface area contributed by atoms with Crippen molar-refractivity contribution in [3.63, 3.8) is 0 Å². The molecule has 26 heavy (non-hydrogen) atoms. The Hall–Kier alpha value is -2.94. The van der Waals surface area contributed by atoms with Crippen LogP contribution in [0, 0.1) is 25.5 Å². The van der Waals surface area contributed by atoms with E-state index >= 15 is 0 Å². The van der Waals surface area contributed by atoms with E-state index in [1.165, 1.54) is 25.1 Å². The Morgan fingerprint density at radius 1 is 0.923 bits per heavy atom. The summed E-state index contributed by atoms with van der Waals surface area (Å²) in [5.74, 6) is -1.69. The van der Waals surface area contributed by atoms with Crippen molar-refractivity contribution >= 4 is 27.1 Å². The molecule has 3 rings (SSSR count). The number of anilines is 3. The van der Waals surface area contributed by atoms with Crippen molar-refractivity contribution in [3.05, 3.63) is 65.6 Å². The van der Waals surface area contributed by atoms with E-state index in [0.29, 0.717) is 17.1 Å². The van der Waals surface area contributed by atoms with Gasteiger partial charge in [-0.05, 0) is 50.2 Å². The summed E-state index contributed by atoms with van der Waals surface area (Å²) in [5, 5.41) is 6.54. The maximum Gasteiger partial charge on any atom is 0.267 e. The van der Waals surface area contributed by atoms with Crippen molar-refractivity contribution in [1.29, 1.82) is 0 Å². The third-order valence-corrected chi connectivity index (χ3v) is 5.21. The summed E-state index contributed by atoms with van der Waals surface area (Å²) in [6, 6.07) is 9.73. The molecule has 0 spiro atoms. The van der Waals surface area contributed by atoms with E-state index < -0.39 is 21.7 Å². The molecule has 6 nitrogen and oxygen atoms in total. The lowest BCUT2D eigenvalue weighted by Crippen LogP contribution is -2.14. The Morgan fingerprint density at radius 2 is 1.54 bits per heavy atom. The van der Waals surface area contributed by atoms with Gasteiger partial charge in [-0.1, -0.05) is 5.16 Å². The fraction of sp³-hybridized carbons (Fsp3) is 0.118. The Morgan fingerprint density at radius 3 is 2.12 bits per heavy atom. The summed E-state index contributed by atoms with van der Waals surface area (Å²) >= 11 is 0. The first-order valence-corrected chi connectivity index (χ1v) is 9.02. The second-order valence-electron chi connectivity index (χ2n) is 5.59. The molecule has 0 amide bonds. The number of aryl methyl sites for hydroxylation is 2. The number of halogens is 2. The van der Waals surface area contributed by atoms with Crippen molar-refractivity contribution in [2.75, 3.05) is 10.0 Å². The van der Waals surface area contributed by atoms with Gasteiger partial charge >= 0.3 is 0 Å². The van der Waals surface area contributed by atoms with Gasteiger partial charge in [0, 0.05) is 23.1 Å². The van der Waals surface area contributed by atoms with E-state index in [2.05, 4.69) is 15.2 Å². The lowest BCUT2D eigenvalue weighted by molar-refractivity contribution is 0.390. The average Bonchev–Trinajstić information content (AvgIpc) is 2.92. The van der Waals surface area contributed by atoms with Crippen LogP contribution >= 0.6 is 0 Å². The number of nitrogens with one attached hydrogen (secondary N) is 2. The van der Waals surface area contributed by atoms with Gasteiger partial charge in [-0.2, -0.15) is 0 Å². The number of aromatic nitrogens is 1. The average molecular weight is 379 g/mol. The van der Waals surface area contributed by atoms with E-state index in [-0.39, 0.29) is 16.3 Å². The lowest BCUT2D eigenvalue weighted by Gasteiger charge is -2.10. The minimum Gasteiger partial charge on any atom is -0.360 e. The lowest BCUT2D eigenvalue weighted by atomic mass is 10.2. The second-order valence-corrected chi connectivity index (χ2v) is 7.21. The van der Waals surface area contributed by atoms with Crippen molar-refractivity contribution in [2.45, 2.75) is 18.7 Å². The summed E-state index contributed by atoms with van der Waals surface area (Å²) < 4.78 is 58.4. The van der Waals surface area contributed by atoms with Crippen LogP contribution in [0.4, 0.5) is 25.8 Å². The highest BCUT2D eigenvalue weighted by Crippen LogP contribution is 2.24. The first-order chi connectivity index (χ1) is 12.3.